The van der Waals surface area contributed by atoms with E-state index in [-0.39, 0.29) is 0 Å². The molecular formula is C61H37N3. The number of benzene rings is 10. The minimum absolute atomic E-state index is 0.644. The zero-order valence-corrected chi connectivity index (χ0v) is 34.7. The summed E-state index contributed by atoms with van der Waals surface area (Å²) in [7, 11) is 0. The lowest BCUT2D eigenvalue weighted by Crippen LogP contribution is -2.27. The van der Waals surface area contributed by atoms with Crippen LogP contribution in [0.5, 0.6) is 0 Å². The molecule has 2 aliphatic carbocycles. The van der Waals surface area contributed by atoms with E-state index < -0.39 is 5.41 Å². The van der Waals surface area contributed by atoms with Crippen LogP contribution in [-0.4, -0.2) is 14.5 Å². The molecular weight excluding hydrogens is 775 g/mol. The van der Waals surface area contributed by atoms with Gasteiger partial charge in [0.15, 0.2) is 0 Å². The third-order valence-electron chi connectivity index (χ3n) is 14.0. The maximum atomic E-state index is 5.56. The van der Waals surface area contributed by atoms with Crippen molar-refractivity contribution in [3.63, 3.8) is 0 Å². The number of hydrogen-bond acceptors (Lipinski definition) is 2. The van der Waals surface area contributed by atoms with Gasteiger partial charge in [-0.3, -0.25) is 4.57 Å². The van der Waals surface area contributed by atoms with Gasteiger partial charge in [-0.25, -0.2) is 9.97 Å². The van der Waals surface area contributed by atoms with Gasteiger partial charge in [0.25, 0.3) is 0 Å². The summed E-state index contributed by atoms with van der Waals surface area (Å²) < 4.78 is 2.40. The molecule has 3 heteroatoms. The average molecular weight is 812 g/mol. The lowest BCUT2D eigenvalue weighted by molar-refractivity contribution is 0.796. The van der Waals surface area contributed by atoms with E-state index in [4.69, 9.17) is 9.97 Å². The van der Waals surface area contributed by atoms with E-state index in [1.54, 1.807) is 0 Å². The summed E-state index contributed by atoms with van der Waals surface area (Å²) in [4.78, 5) is 11.1. The zero-order valence-electron chi connectivity index (χ0n) is 34.7. The normalized spacial score (nSPS) is 13.1. The minimum atomic E-state index is -0.674. The zero-order chi connectivity index (χ0) is 41.9. The summed E-state index contributed by atoms with van der Waals surface area (Å²) in [5.74, 6) is 0.644. The van der Waals surface area contributed by atoms with Crippen LogP contribution < -0.4 is 0 Å². The summed E-state index contributed by atoms with van der Waals surface area (Å²) in [6.07, 6.45) is 0. The predicted octanol–water partition coefficient (Wildman–Crippen LogP) is 15.2. The fraction of sp³-hybridized carbons (Fsp3) is 0.0164. The number of hydrogen-bond donors (Lipinski definition) is 0. The summed E-state index contributed by atoms with van der Waals surface area (Å²) in [5, 5.41) is 7.33. The van der Waals surface area contributed by atoms with Crippen LogP contribution >= 0.6 is 0 Å². The van der Waals surface area contributed by atoms with Crippen molar-refractivity contribution in [2.45, 2.75) is 5.41 Å². The summed E-state index contributed by atoms with van der Waals surface area (Å²) in [6, 6.07) is 82.1. The lowest BCUT2D eigenvalue weighted by atomic mass is 9.69. The predicted molar refractivity (Wildman–Crippen MR) is 264 cm³/mol. The van der Waals surface area contributed by atoms with Crippen LogP contribution in [0.2, 0.25) is 0 Å². The highest BCUT2D eigenvalue weighted by atomic mass is 15.2. The molecule has 296 valence electrons. The fourth-order valence-electron chi connectivity index (χ4n) is 11.5. The van der Waals surface area contributed by atoms with Crippen LogP contribution in [0, 0.1) is 0 Å². The lowest BCUT2D eigenvalue weighted by Gasteiger charge is -2.32. The maximum Gasteiger partial charge on any atom is 0.235 e. The van der Waals surface area contributed by atoms with Gasteiger partial charge in [0.1, 0.15) is 0 Å². The smallest absolute Gasteiger partial charge is 0.235 e. The van der Waals surface area contributed by atoms with Gasteiger partial charge in [-0.1, -0.05) is 206 Å². The fourth-order valence-corrected chi connectivity index (χ4v) is 11.5. The molecule has 1 spiro atoms. The summed E-state index contributed by atoms with van der Waals surface area (Å²) in [5.41, 5.74) is 18.0. The van der Waals surface area contributed by atoms with Crippen LogP contribution in [0.3, 0.4) is 0 Å². The third-order valence-corrected chi connectivity index (χ3v) is 14.0. The molecule has 0 bridgehead atoms. The van der Waals surface area contributed by atoms with Crippen LogP contribution in [0.4, 0.5) is 0 Å². The van der Waals surface area contributed by atoms with E-state index in [9.17, 15) is 0 Å². The Morgan fingerprint density at radius 1 is 0.359 bits per heavy atom. The topological polar surface area (TPSA) is 30.7 Å². The van der Waals surface area contributed by atoms with Crippen LogP contribution in [0.1, 0.15) is 22.3 Å². The molecule has 2 aliphatic rings. The molecule has 2 heterocycles. The van der Waals surface area contributed by atoms with Crippen molar-refractivity contribution in [3.05, 3.63) is 247 Å². The van der Waals surface area contributed by atoms with E-state index in [2.05, 4.69) is 229 Å². The average Bonchev–Trinajstić information content (AvgIpc) is 3.99. The van der Waals surface area contributed by atoms with Crippen molar-refractivity contribution in [3.8, 4) is 61.8 Å². The van der Waals surface area contributed by atoms with Gasteiger partial charge in [0.05, 0.1) is 27.8 Å². The SMILES string of the molecule is c1ccc(-c2cc(-c3ccccc3)nc(-n3c4ccccc4c4c5ccccc5c5c(c43)C3(c4ccccc4-c4ccccc43)c3cc(-c4cccc6ccccc46)ccc3-5)n2)cc1. The first kappa shape index (κ1) is 35.2. The number of aromatic nitrogens is 3. The Hall–Kier alpha value is -8.40. The Balaban J connectivity index is 1.20. The van der Waals surface area contributed by atoms with Crippen LogP contribution in [0.25, 0.3) is 105 Å². The van der Waals surface area contributed by atoms with E-state index in [0.717, 1.165) is 33.5 Å². The van der Waals surface area contributed by atoms with Gasteiger partial charge in [-0.2, -0.15) is 0 Å². The van der Waals surface area contributed by atoms with Gasteiger partial charge in [-0.15, -0.1) is 0 Å². The van der Waals surface area contributed by atoms with Crippen LogP contribution in [-0.2, 0) is 5.41 Å². The Bertz CT molecular complexity index is 3790. The van der Waals surface area contributed by atoms with Gasteiger partial charge < -0.3 is 0 Å². The molecule has 0 saturated heterocycles. The number of para-hydroxylation sites is 1. The number of nitrogens with zero attached hydrogens (tertiary/aromatic N) is 3. The standard InChI is InChI=1S/C61H37N3/c1-3-19-39(20-4-1)53-37-54(40-21-5-2-6-22-40)63-60(62-53)64-55-33-16-13-29-49(55)57-47-28-10-9-27-46(47)56-48-35-34-41(43-30-17-23-38-18-7-8-24-42(38)43)36-52(48)61(58(56)59(57)64)50-31-14-11-25-44(50)45-26-12-15-32-51(45)61/h1-37H. The second-order valence-electron chi connectivity index (χ2n) is 17.2. The van der Waals surface area contributed by atoms with Gasteiger partial charge in [0.2, 0.25) is 5.95 Å². The highest BCUT2D eigenvalue weighted by Crippen LogP contribution is 2.66. The molecule has 0 amide bonds. The molecule has 0 radical (unpaired) electrons. The second-order valence-corrected chi connectivity index (χ2v) is 17.2. The molecule has 12 aromatic rings. The molecule has 3 nitrogen and oxygen atoms in total. The first-order chi connectivity index (χ1) is 31.8. The van der Waals surface area contributed by atoms with E-state index in [1.165, 1.54) is 88.0 Å². The molecule has 0 fully saturated rings. The molecule has 0 atom stereocenters. The molecule has 0 aliphatic heterocycles. The molecule has 0 N–H and O–H groups in total. The molecule has 0 unspecified atom stereocenters. The third kappa shape index (κ3) is 4.70. The van der Waals surface area contributed by atoms with Crippen molar-refractivity contribution in [1.29, 1.82) is 0 Å². The van der Waals surface area contributed by atoms with E-state index in [1.807, 2.05) is 0 Å². The minimum Gasteiger partial charge on any atom is -0.278 e. The largest absolute Gasteiger partial charge is 0.278 e. The highest BCUT2D eigenvalue weighted by Gasteiger charge is 2.54. The van der Waals surface area contributed by atoms with Crippen molar-refractivity contribution in [2.24, 2.45) is 0 Å². The second kappa shape index (κ2) is 13.3. The Morgan fingerprint density at radius 2 is 0.906 bits per heavy atom. The Morgan fingerprint density at radius 3 is 1.61 bits per heavy atom. The van der Waals surface area contributed by atoms with E-state index in [0.29, 0.717) is 5.95 Å². The Labute approximate surface area is 370 Å². The van der Waals surface area contributed by atoms with Gasteiger partial charge in [-0.05, 0) is 89.8 Å². The Kier molecular flexibility index (Phi) is 7.32. The van der Waals surface area contributed by atoms with E-state index >= 15 is 0 Å². The molecule has 0 saturated carbocycles. The first-order valence-corrected chi connectivity index (χ1v) is 22.1. The monoisotopic (exact) mass is 811 g/mol. The molecule has 10 aromatic carbocycles. The molecule has 14 rings (SSSR count). The van der Waals surface area contributed by atoms with Crippen molar-refractivity contribution in [1.82, 2.24) is 14.5 Å². The van der Waals surface area contributed by atoms with Crippen molar-refractivity contribution >= 4 is 43.4 Å². The number of rotatable bonds is 4. The first-order valence-electron chi connectivity index (χ1n) is 22.1. The summed E-state index contributed by atoms with van der Waals surface area (Å²) in [6.45, 7) is 0. The quantitative estimate of drug-likeness (QED) is 0.177. The maximum absolute atomic E-state index is 5.56. The summed E-state index contributed by atoms with van der Waals surface area (Å²) >= 11 is 0. The molecule has 2 aromatic heterocycles. The molecule has 64 heavy (non-hydrogen) atoms. The van der Waals surface area contributed by atoms with Crippen molar-refractivity contribution in [2.75, 3.05) is 0 Å². The highest BCUT2D eigenvalue weighted by molar-refractivity contribution is 6.28. The van der Waals surface area contributed by atoms with Gasteiger partial charge in [0, 0.05) is 27.5 Å². The van der Waals surface area contributed by atoms with Crippen LogP contribution in [0.15, 0.2) is 224 Å². The number of fused-ring (bicyclic) bond motifs is 18. The van der Waals surface area contributed by atoms with Gasteiger partial charge >= 0.3 is 0 Å². The van der Waals surface area contributed by atoms with Crippen molar-refractivity contribution < 1.29 is 0 Å².